The number of carbonyl (C=O) groups is 2. The summed E-state index contributed by atoms with van der Waals surface area (Å²) in [6.45, 7) is 2.23. The Balaban J connectivity index is 1.81. The van der Waals surface area contributed by atoms with Crippen LogP contribution >= 0.6 is 0 Å². The zero-order valence-electron chi connectivity index (χ0n) is 13.6. The second-order valence-corrected chi connectivity index (χ2v) is 5.75. The number of anilines is 1. The van der Waals surface area contributed by atoms with Crippen molar-refractivity contribution in [3.05, 3.63) is 60.2 Å². The maximum atomic E-state index is 11.9. The molecule has 0 fully saturated rings. The van der Waals surface area contributed by atoms with Crippen LogP contribution in [0.5, 0.6) is 5.75 Å². The van der Waals surface area contributed by atoms with Gasteiger partial charge < -0.3 is 15.2 Å². The summed E-state index contributed by atoms with van der Waals surface area (Å²) in [6, 6.07) is 17.0. The predicted molar refractivity (Wildman–Crippen MR) is 91.9 cm³/mol. The normalized spacial score (nSPS) is 11.5. The van der Waals surface area contributed by atoms with E-state index in [1.54, 1.807) is 31.2 Å². The van der Waals surface area contributed by atoms with Gasteiger partial charge in [-0.3, -0.25) is 9.59 Å². The number of nitrogens with one attached hydrogen (secondary N) is 1. The standard InChI is InChI=1S/C19H21NO4/c1-14(12-19(22)23)11-18(21)20-16-7-9-17(10-8-16)24-13-15-5-3-2-4-6-15/h2-10,14H,11-13H2,1H3,(H,20,21)(H,22,23). The summed E-state index contributed by atoms with van der Waals surface area (Å²) >= 11 is 0. The lowest BCUT2D eigenvalue weighted by atomic mass is 10.0. The number of hydrogen-bond donors (Lipinski definition) is 2. The fraction of sp³-hybridized carbons (Fsp3) is 0.263. The van der Waals surface area contributed by atoms with Crippen molar-refractivity contribution in [3.8, 4) is 5.75 Å². The fourth-order valence-electron chi connectivity index (χ4n) is 2.27. The van der Waals surface area contributed by atoms with E-state index >= 15 is 0 Å². The van der Waals surface area contributed by atoms with Crippen LogP contribution < -0.4 is 10.1 Å². The van der Waals surface area contributed by atoms with Gasteiger partial charge in [0, 0.05) is 18.5 Å². The third-order valence-corrected chi connectivity index (χ3v) is 3.44. The molecule has 0 bridgehead atoms. The Kier molecular flexibility index (Phi) is 6.37. The molecular weight excluding hydrogens is 306 g/mol. The van der Waals surface area contributed by atoms with E-state index in [1.165, 1.54) is 0 Å². The second-order valence-electron chi connectivity index (χ2n) is 5.75. The van der Waals surface area contributed by atoms with Gasteiger partial charge in [-0.1, -0.05) is 37.3 Å². The highest BCUT2D eigenvalue weighted by Crippen LogP contribution is 2.18. The van der Waals surface area contributed by atoms with Crippen LogP contribution in [-0.2, 0) is 16.2 Å². The van der Waals surface area contributed by atoms with Crippen molar-refractivity contribution < 1.29 is 19.4 Å². The average molecular weight is 327 g/mol. The van der Waals surface area contributed by atoms with Crippen LogP contribution in [-0.4, -0.2) is 17.0 Å². The van der Waals surface area contributed by atoms with Crippen LogP contribution in [0.15, 0.2) is 54.6 Å². The van der Waals surface area contributed by atoms with E-state index in [0.29, 0.717) is 12.3 Å². The second kappa shape index (κ2) is 8.72. The molecule has 5 heteroatoms. The van der Waals surface area contributed by atoms with Gasteiger partial charge in [0.15, 0.2) is 0 Å². The third kappa shape index (κ3) is 6.12. The van der Waals surface area contributed by atoms with Crippen molar-refractivity contribution in [3.63, 3.8) is 0 Å². The van der Waals surface area contributed by atoms with Crippen molar-refractivity contribution in [2.75, 3.05) is 5.32 Å². The number of carboxylic acid groups (broad SMARTS) is 1. The van der Waals surface area contributed by atoms with Crippen molar-refractivity contribution >= 4 is 17.6 Å². The molecule has 2 aromatic rings. The topological polar surface area (TPSA) is 75.6 Å². The van der Waals surface area contributed by atoms with Gasteiger partial charge in [0.1, 0.15) is 12.4 Å². The van der Waals surface area contributed by atoms with E-state index in [4.69, 9.17) is 9.84 Å². The molecule has 2 aromatic carbocycles. The zero-order chi connectivity index (χ0) is 17.4. The first-order valence-electron chi connectivity index (χ1n) is 7.81. The van der Waals surface area contributed by atoms with E-state index in [-0.39, 0.29) is 24.7 Å². The van der Waals surface area contributed by atoms with Crippen LogP contribution in [0.4, 0.5) is 5.69 Å². The number of aliphatic carboxylic acids is 1. The van der Waals surface area contributed by atoms with Crippen molar-refractivity contribution in [1.29, 1.82) is 0 Å². The van der Waals surface area contributed by atoms with Gasteiger partial charge in [-0.2, -0.15) is 0 Å². The lowest BCUT2D eigenvalue weighted by Gasteiger charge is -2.10. The van der Waals surface area contributed by atoms with Gasteiger partial charge in [-0.25, -0.2) is 0 Å². The number of benzene rings is 2. The van der Waals surface area contributed by atoms with Crippen molar-refractivity contribution in [2.24, 2.45) is 5.92 Å². The number of hydrogen-bond acceptors (Lipinski definition) is 3. The van der Waals surface area contributed by atoms with E-state index in [9.17, 15) is 9.59 Å². The van der Waals surface area contributed by atoms with Crippen LogP contribution in [0.25, 0.3) is 0 Å². The van der Waals surface area contributed by atoms with Gasteiger partial charge in [-0.05, 0) is 35.7 Å². The van der Waals surface area contributed by atoms with Gasteiger partial charge in [0.25, 0.3) is 0 Å². The zero-order valence-corrected chi connectivity index (χ0v) is 13.6. The van der Waals surface area contributed by atoms with Gasteiger partial charge in [-0.15, -0.1) is 0 Å². The van der Waals surface area contributed by atoms with Crippen molar-refractivity contribution in [2.45, 2.75) is 26.4 Å². The minimum Gasteiger partial charge on any atom is -0.489 e. The molecule has 1 unspecified atom stereocenters. The molecule has 0 radical (unpaired) electrons. The molecule has 0 aliphatic rings. The SMILES string of the molecule is CC(CC(=O)O)CC(=O)Nc1ccc(OCc2ccccc2)cc1. The maximum Gasteiger partial charge on any atom is 0.303 e. The monoisotopic (exact) mass is 327 g/mol. The summed E-state index contributed by atoms with van der Waals surface area (Å²) in [6.07, 6.45) is 0.165. The van der Waals surface area contributed by atoms with E-state index in [0.717, 1.165) is 11.3 Å². The Morgan fingerprint density at radius 3 is 2.33 bits per heavy atom. The highest BCUT2D eigenvalue weighted by atomic mass is 16.5. The summed E-state index contributed by atoms with van der Waals surface area (Å²) in [5, 5.41) is 11.5. The number of rotatable bonds is 8. The molecule has 0 heterocycles. The average Bonchev–Trinajstić information content (AvgIpc) is 2.54. The molecule has 0 saturated heterocycles. The van der Waals surface area contributed by atoms with Crippen LogP contribution in [0.3, 0.4) is 0 Å². The minimum absolute atomic E-state index is 0.0142. The summed E-state index contributed by atoms with van der Waals surface area (Å²) in [5.41, 5.74) is 1.75. The molecule has 0 aromatic heterocycles. The molecule has 24 heavy (non-hydrogen) atoms. The largest absolute Gasteiger partial charge is 0.489 e. The maximum absolute atomic E-state index is 11.9. The molecule has 126 valence electrons. The molecule has 2 N–H and O–H groups in total. The first kappa shape index (κ1) is 17.5. The quantitative estimate of drug-likeness (QED) is 0.775. The predicted octanol–water partition coefficient (Wildman–Crippen LogP) is 3.71. The Hall–Kier alpha value is -2.82. The lowest BCUT2D eigenvalue weighted by Crippen LogP contribution is -2.16. The molecule has 0 spiro atoms. The summed E-state index contributed by atoms with van der Waals surface area (Å²) in [5.74, 6) is -0.566. The highest BCUT2D eigenvalue weighted by molar-refractivity contribution is 5.91. The minimum atomic E-state index is -0.893. The first-order valence-corrected chi connectivity index (χ1v) is 7.81. The van der Waals surface area contributed by atoms with E-state index < -0.39 is 5.97 Å². The van der Waals surface area contributed by atoms with Crippen LogP contribution in [0.2, 0.25) is 0 Å². The molecule has 1 amide bonds. The van der Waals surface area contributed by atoms with E-state index in [2.05, 4.69) is 5.32 Å². The molecule has 2 rings (SSSR count). The number of amides is 1. The third-order valence-electron chi connectivity index (χ3n) is 3.44. The molecular formula is C19H21NO4. The number of ether oxygens (including phenoxy) is 1. The molecule has 5 nitrogen and oxygen atoms in total. The Bertz CT molecular complexity index is 668. The Morgan fingerprint density at radius 1 is 1.04 bits per heavy atom. The van der Waals surface area contributed by atoms with E-state index in [1.807, 2.05) is 30.3 Å². The first-order chi connectivity index (χ1) is 11.5. The Morgan fingerprint density at radius 2 is 1.71 bits per heavy atom. The molecule has 0 aliphatic carbocycles. The molecule has 0 saturated carbocycles. The van der Waals surface area contributed by atoms with Crippen molar-refractivity contribution in [1.82, 2.24) is 0 Å². The van der Waals surface area contributed by atoms with Gasteiger partial charge >= 0.3 is 5.97 Å². The molecule has 0 aliphatic heterocycles. The number of carbonyl (C=O) groups excluding carboxylic acids is 1. The summed E-state index contributed by atoms with van der Waals surface area (Å²) < 4.78 is 5.68. The fourth-order valence-corrected chi connectivity index (χ4v) is 2.27. The number of carboxylic acids is 1. The lowest BCUT2D eigenvalue weighted by molar-refractivity contribution is -0.138. The smallest absolute Gasteiger partial charge is 0.303 e. The van der Waals surface area contributed by atoms with Gasteiger partial charge in [0.2, 0.25) is 5.91 Å². The van der Waals surface area contributed by atoms with Gasteiger partial charge in [0.05, 0.1) is 0 Å². The molecule has 1 atom stereocenters. The Labute approximate surface area is 141 Å². The summed E-state index contributed by atoms with van der Waals surface area (Å²) in [7, 11) is 0. The highest BCUT2D eigenvalue weighted by Gasteiger charge is 2.12. The van der Waals surface area contributed by atoms with Crippen LogP contribution in [0, 0.1) is 5.92 Å². The van der Waals surface area contributed by atoms with Crippen LogP contribution in [0.1, 0.15) is 25.3 Å². The summed E-state index contributed by atoms with van der Waals surface area (Å²) in [4.78, 5) is 22.5.